The number of nitrogens with zero attached hydrogens (tertiary/aromatic N) is 1. The Morgan fingerprint density at radius 1 is 1.25 bits per heavy atom. The molecule has 0 aliphatic rings. The molecule has 0 fully saturated rings. The lowest BCUT2D eigenvalue weighted by Gasteiger charge is -2.06. The number of benzene rings is 1. The van der Waals surface area contributed by atoms with Crippen LogP contribution in [-0.2, 0) is 11.2 Å². The second-order valence-electron chi connectivity index (χ2n) is 5.59. The van der Waals surface area contributed by atoms with Crippen LogP contribution in [0, 0.1) is 12.7 Å². The smallest absolute Gasteiger partial charge is 0.251 e. The van der Waals surface area contributed by atoms with E-state index in [9.17, 15) is 14.0 Å². The van der Waals surface area contributed by atoms with E-state index in [-0.39, 0.29) is 17.9 Å². The number of amides is 1. The summed E-state index contributed by atoms with van der Waals surface area (Å²) in [6.45, 7) is 1.84. The number of hydrogen-bond donors (Lipinski definition) is 2. The van der Waals surface area contributed by atoms with Crippen LogP contribution < -0.4 is 10.9 Å². The van der Waals surface area contributed by atoms with Crippen molar-refractivity contribution in [2.45, 2.75) is 19.8 Å². The maximum Gasteiger partial charge on any atom is 0.251 e. The van der Waals surface area contributed by atoms with E-state index in [1.165, 1.54) is 12.1 Å². The molecule has 2 aromatic heterocycles. The zero-order valence-corrected chi connectivity index (χ0v) is 13.1. The van der Waals surface area contributed by atoms with Crippen LogP contribution in [-0.4, -0.2) is 15.9 Å². The van der Waals surface area contributed by atoms with Crippen molar-refractivity contribution in [1.29, 1.82) is 0 Å². The second kappa shape index (κ2) is 6.62. The largest absolute Gasteiger partial charge is 0.326 e. The Morgan fingerprint density at radius 2 is 2.08 bits per heavy atom. The van der Waals surface area contributed by atoms with Crippen LogP contribution in [0.25, 0.3) is 10.9 Å². The number of fused-ring (bicyclic) bond motifs is 1. The minimum Gasteiger partial charge on any atom is -0.326 e. The summed E-state index contributed by atoms with van der Waals surface area (Å²) < 4.78 is 13.2. The van der Waals surface area contributed by atoms with Crippen LogP contribution in [0.15, 0.2) is 47.4 Å². The highest BCUT2D eigenvalue weighted by Gasteiger charge is 2.08. The third-order valence-electron chi connectivity index (χ3n) is 3.69. The summed E-state index contributed by atoms with van der Waals surface area (Å²) in [5, 5.41) is 3.51. The standard InChI is InChI=1S/C18H16FN3O2/c1-11-8-15(6-7-20-11)21-17(23)5-3-13-9-12-2-4-14(19)10-16(12)22-18(13)24/h2,4,6-10H,3,5H2,1H3,(H,22,24)(H,20,21,23). The summed E-state index contributed by atoms with van der Waals surface area (Å²) in [5.74, 6) is -0.586. The molecular formula is C18H16FN3O2. The van der Waals surface area contributed by atoms with Crippen LogP contribution in [0.1, 0.15) is 17.7 Å². The molecule has 6 heteroatoms. The Bertz CT molecular complexity index is 966. The average molecular weight is 325 g/mol. The Morgan fingerprint density at radius 3 is 2.88 bits per heavy atom. The molecule has 0 radical (unpaired) electrons. The number of hydrogen-bond acceptors (Lipinski definition) is 3. The van der Waals surface area contributed by atoms with Gasteiger partial charge in [0.15, 0.2) is 0 Å². The van der Waals surface area contributed by atoms with E-state index >= 15 is 0 Å². The van der Waals surface area contributed by atoms with E-state index in [1.54, 1.807) is 30.5 Å². The number of carbonyl (C=O) groups excluding carboxylic acids is 1. The van der Waals surface area contributed by atoms with Gasteiger partial charge in [-0.05, 0) is 55.1 Å². The summed E-state index contributed by atoms with van der Waals surface area (Å²) in [5.41, 5.74) is 2.12. The monoisotopic (exact) mass is 325 g/mol. The first-order chi connectivity index (χ1) is 11.5. The third kappa shape index (κ3) is 3.65. The molecule has 0 saturated heterocycles. The fourth-order valence-electron chi connectivity index (χ4n) is 2.50. The molecule has 2 N–H and O–H groups in total. The molecule has 0 saturated carbocycles. The molecule has 0 unspecified atom stereocenters. The van der Waals surface area contributed by atoms with E-state index in [2.05, 4.69) is 15.3 Å². The molecule has 0 bridgehead atoms. The minimum atomic E-state index is -0.405. The molecule has 1 amide bonds. The lowest BCUT2D eigenvalue weighted by Crippen LogP contribution is -2.17. The molecule has 0 spiro atoms. The first-order valence-corrected chi connectivity index (χ1v) is 7.55. The molecule has 0 atom stereocenters. The van der Waals surface area contributed by atoms with Gasteiger partial charge in [-0.2, -0.15) is 0 Å². The van der Waals surface area contributed by atoms with Gasteiger partial charge < -0.3 is 10.3 Å². The van der Waals surface area contributed by atoms with Crippen molar-refractivity contribution >= 4 is 22.5 Å². The van der Waals surface area contributed by atoms with E-state index in [0.29, 0.717) is 23.2 Å². The molecular weight excluding hydrogens is 309 g/mol. The van der Waals surface area contributed by atoms with Crippen molar-refractivity contribution in [3.05, 3.63) is 70.0 Å². The van der Waals surface area contributed by atoms with Crippen molar-refractivity contribution in [2.75, 3.05) is 5.32 Å². The van der Waals surface area contributed by atoms with Gasteiger partial charge in [0.05, 0.1) is 5.52 Å². The number of nitrogens with one attached hydrogen (secondary N) is 2. The summed E-state index contributed by atoms with van der Waals surface area (Å²) in [7, 11) is 0. The molecule has 2 heterocycles. The van der Waals surface area contributed by atoms with Crippen molar-refractivity contribution < 1.29 is 9.18 Å². The number of pyridine rings is 2. The molecule has 122 valence electrons. The van der Waals surface area contributed by atoms with Crippen molar-refractivity contribution in [2.24, 2.45) is 0 Å². The van der Waals surface area contributed by atoms with Crippen LogP contribution in [0.3, 0.4) is 0 Å². The zero-order chi connectivity index (χ0) is 17.1. The van der Waals surface area contributed by atoms with Gasteiger partial charge in [-0.1, -0.05) is 0 Å². The molecule has 0 aliphatic carbocycles. The van der Waals surface area contributed by atoms with E-state index < -0.39 is 5.82 Å². The van der Waals surface area contributed by atoms with Gasteiger partial charge >= 0.3 is 0 Å². The number of halogens is 1. The van der Waals surface area contributed by atoms with E-state index in [1.807, 2.05) is 6.92 Å². The lowest BCUT2D eigenvalue weighted by molar-refractivity contribution is -0.116. The maximum absolute atomic E-state index is 13.2. The highest BCUT2D eigenvalue weighted by Crippen LogP contribution is 2.14. The van der Waals surface area contributed by atoms with Gasteiger partial charge in [0, 0.05) is 29.6 Å². The second-order valence-corrected chi connectivity index (χ2v) is 5.59. The Labute approximate surface area is 137 Å². The summed E-state index contributed by atoms with van der Waals surface area (Å²) in [6.07, 6.45) is 2.10. The summed E-state index contributed by atoms with van der Waals surface area (Å²) >= 11 is 0. The van der Waals surface area contributed by atoms with Crippen molar-refractivity contribution in [3.8, 4) is 0 Å². The zero-order valence-electron chi connectivity index (χ0n) is 13.1. The first-order valence-electron chi connectivity index (χ1n) is 7.55. The number of aromatic nitrogens is 2. The number of aromatic amines is 1. The number of rotatable bonds is 4. The quantitative estimate of drug-likeness (QED) is 0.774. The Kier molecular flexibility index (Phi) is 4.37. The number of carbonyl (C=O) groups is 1. The van der Waals surface area contributed by atoms with Crippen LogP contribution in [0.2, 0.25) is 0 Å². The SMILES string of the molecule is Cc1cc(NC(=O)CCc2cc3ccc(F)cc3[nH]c2=O)ccn1. The minimum absolute atomic E-state index is 0.178. The van der Waals surface area contributed by atoms with Gasteiger partial charge in [-0.25, -0.2) is 4.39 Å². The third-order valence-corrected chi connectivity index (χ3v) is 3.69. The highest BCUT2D eigenvalue weighted by atomic mass is 19.1. The summed E-state index contributed by atoms with van der Waals surface area (Å²) in [6, 6.07) is 9.39. The molecule has 24 heavy (non-hydrogen) atoms. The predicted octanol–water partition coefficient (Wildman–Crippen LogP) is 2.94. The number of anilines is 1. The Hall–Kier alpha value is -3.02. The van der Waals surface area contributed by atoms with Crippen LogP contribution in [0.4, 0.5) is 10.1 Å². The van der Waals surface area contributed by atoms with E-state index in [0.717, 1.165) is 11.1 Å². The van der Waals surface area contributed by atoms with Gasteiger partial charge in [0.25, 0.3) is 5.56 Å². The van der Waals surface area contributed by atoms with Crippen LogP contribution >= 0.6 is 0 Å². The van der Waals surface area contributed by atoms with Gasteiger partial charge in [-0.3, -0.25) is 14.6 Å². The van der Waals surface area contributed by atoms with Crippen molar-refractivity contribution in [1.82, 2.24) is 9.97 Å². The topological polar surface area (TPSA) is 74.8 Å². The highest BCUT2D eigenvalue weighted by molar-refractivity contribution is 5.90. The normalized spacial score (nSPS) is 10.8. The molecule has 3 aromatic rings. The molecule has 3 rings (SSSR count). The average Bonchev–Trinajstić information content (AvgIpc) is 2.53. The van der Waals surface area contributed by atoms with Crippen LogP contribution in [0.5, 0.6) is 0 Å². The fraction of sp³-hybridized carbons (Fsp3) is 0.167. The number of aryl methyl sites for hydroxylation is 2. The number of H-pyrrole nitrogens is 1. The molecule has 1 aromatic carbocycles. The van der Waals surface area contributed by atoms with Crippen molar-refractivity contribution in [3.63, 3.8) is 0 Å². The molecule has 5 nitrogen and oxygen atoms in total. The lowest BCUT2D eigenvalue weighted by atomic mass is 10.1. The Balaban J connectivity index is 1.71. The van der Waals surface area contributed by atoms with Gasteiger partial charge in [-0.15, -0.1) is 0 Å². The van der Waals surface area contributed by atoms with E-state index in [4.69, 9.17) is 0 Å². The summed E-state index contributed by atoms with van der Waals surface area (Å²) in [4.78, 5) is 30.8. The first kappa shape index (κ1) is 15.9. The van der Waals surface area contributed by atoms with Gasteiger partial charge in [0.1, 0.15) is 5.82 Å². The fourth-order valence-corrected chi connectivity index (χ4v) is 2.50. The maximum atomic E-state index is 13.2. The van der Waals surface area contributed by atoms with Gasteiger partial charge in [0.2, 0.25) is 5.91 Å². The predicted molar refractivity (Wildman–Crippen MR) is 90.5 cm³/mol. The molecule has 0 aliphatic heterocycles.